The summed E-state index contributed by atoms with van der Waals surface area (Å²) in [5.74, 6) is 0.151. The molecule has 1 aliphatic rings. The van der Waals surface area contributed by atoms with Crippen LogP contribution in [0.1, 0.15) is 16.7 Å². The molecule has 1 heterocycles. The molecule has 1 atom stereocenters. The number of nitrogens with zero attached hydrogens (tertiary/aromatic N) is 1. The third-order valence-electron chi connectivity index (χ3n) is 5.05. The van der Waals surface area contributed by atoms with Crippen LogP contribution < -0.4 is 4.74 Å². The van der Waals surface area contributed by atoms with Crippen LogP contribution in [0.4, 0.5) is 4.39 Å². The summed E-state index contributed by atoms with van der Waals surface area (Å²) in [6.45, 7) is 0.614. The molecule has 0 N–H and O–H groups in total. The molecule has 1 amide bonds. The maximum atomic E-state index is 13.1. The van der Waals surface area contributed by atoms with Gasteiger partial charge in [0.25, 0.3) is 0 Å². The quantitative estimate of drug-likeness (QED) is 0.293. The zero-order valence-electron chi connectivity index (χ0n) is 17.1. The molecule has 0 aromatic heterocycles. The van der Waals surface area contributed by atoms with Gasteiger partial charge >= 0.3 is 0 Å². The molecule has 170 valence electrons. The molecule has 4 rings (SSSR count). The molecule has 0 saturated carbocycles. The molecule has 3 aromatic carbocycles. The van der Waals surface area contributed by atoms with Gasteiger partial charge in [0.15, 0.2) is 0 Å². The SMILES string of the molecule is O=C1[C@H](Cc2ccc(OCc3ccc(Cl)c(Cl)c3)c(Cl)c2)SC(=S)N1Cc1ccc(F)cc1. The molecular formula is C24H17Cl3FNO2S2. The number of carbonyl (C=O) groups is 1. The van der Waals surface area contributed by atoms with Crippen molar-refractivity contribution in [3.8, 4) is 5.75 Å². The second-order valence-electron chi connectivity index (χ2n) is 7.43. The maximum absolute atomic E-state index is 13.1. The highest BCUT2D eigenvalue weighted by Gasteiger charge is 2.36. The Morgan fingerprint density at radius 2 is 1.58 bits per heavy atom. The maximum Gasteiger partial charge on any atom is 0.242 e. The smallest absolute Gasteiger partial charge is 0.242 e. The lowest BCUT2D eigenvalue weighted by Gasteiger charge is -2.16. The minimum atomic E-state index is -0.336. The number of hydrogen-bond acceptors (Lipinski definition) is 4. The molecule has 0 bridgehead atoms. The number of amides is 1. The van der Waals surface area contributed by atoms with Gasteiger partial charge in [-0.3, -0.25) is 9.69 Å². The molecule has 9 heteroatoms. The second kappa shape index (κ2) is 10.6. The van der Waals surface area contributed by atoms with E-state index in [1.807, 2.05) is 12.1 Å². The molecule has 1 aliphatic heterocycles. The van der Waals surface area contributed by atoms with Crippen molar-refractivity contribution in [1.29, 1.82) is 0 Å². The molecule has 0 unspecified atom stereocenters. The van der Waals surface area contributed by atoms with Gasteiger partial charge in [0.1, 0.15) is 22.5 Å². The number of hydrogen-bond donors (Lipinski definition) is 0. The first-order chi connectivity index (χ1) is 15.8. The van der Waals surface area contributed by atoms with Crippen molar-refractivity contribution in [3.63, 3.8) is 0 Å². The summed E-state index contributed by atoms with van der Waals surface area (Å²) in [6, 6.07) is 16.8. The van der Waals surface area contributed by atoms with Crippen LogP contribution in [-0.2, 0) is 24.4 Å². The highest BCUT2D eigenvalue weighted by molar-refractivity contribution is 8.24. The van der Waals surface area contributed by atoms with Gasteiger partial charge in [-0.2, -0.15) is 0 Å². The number of carbonyl (C=O) groups excluding carboxylic acids is 1. The van der Waals surface area contributed by atoms with E-state index in [0.29, 0.717) is 44.7 Å². The Bertz CT molecular complexity index is 1210. The zero-order valence-corrected chi connectivity index (χ0v) is 21.0. The first-order valence-electron chi connectivity index (χ1n) is 9.92. The van der Waals surface area contributed by atoms with Crippen LogP contribution in [-0.4, -0.2) is 20.4 Å². The van der Waals surface area contributed by atoms with Crippen molar-refractivity contribution < 1.29 is 13.9 Å². The van der Waals surface area contributed by atoms with Crippen molar-refractivity contribution in [2.45, 2.75) is 24.8 Å². The fraction of sp³-hybridized carbons (Fsp3) is 0.167. The second-order valence-corrected chi connectivity index (χ2v) is 10.5. The normalized spacial score (nSPS) is 15.9. The van der Waals surface area contributed by atoms with Gasteiger partial charge in [0, 0.05) is 0 Å². The third-order valence-corrected chi connectivity index (χ3v) is 7.67. The lowest BCUT2D eigenvalue weighted by molar-refractivity contribution is -0.126. The van der Waals surface area contributed by atoms with E-state index in [1.165, 1.54) is 23.9 Å². The average molecular weight is 541 g/mol. The van der Waals surface area contributed by atoms with Gasteiger partial charge in [-0.05, 0) is 59.5 Å². The van der Waals surface area contributed by atoms with Crippen molar-refractivity contribution in [2.24, 2.45) is 0 Å². The third kappa shape index (κ3) is 6.00. The van der Waals surface area contributed by atoms with Crippen LogP contribution in [0.25, 0.3) is 0 Å². The van der Waals surface area contributed by atoms with Gasteiger partial charge in [-0.25, -0.2) is 4.39 Å². The van der Waals surface area contributed by atoms with E-state index < -0.39 is 0 Å². The molecule has 33 heavy (non-hydrogen) atoms. The van der Waals surface area contributed by atoms with E-state index in [1.54, 1.807) is 41.3 Å². The van der Waals surface area contributed by atoms with E-state index in [9.17, 15) is 9.18 Å². The summed E-state index contributed by atoms with van der Waals surface area (Å²) < 4.78 is 19.5. The van der Waals surface area contributed by atoms with E-state index >= 15 is 0 Å². The number of thioether (sulfide) groups is 1. The van der Waals surface area contributed by atoms with Crippen LogP contribution in [0.15, 0.2) is 60.7 Å². The van der Waals surface area contributed by atoms with Gasteiger partial charge in [0.05, 0.1) is 26.9 Å². The molecule has 0 spiro atoms. The first kappa shape index (κ1) is 24.3. The summed E-state index contributed by atoms with van der Waals surface area (Å²) in [7, 11) is 0. The topological polar surface area (TPSA) is 29.5 Å². The van der Waals surface area contributed by atoms with E-state index in [0.717, 1.165) is 16.7 Å². The predicted molar refractivity (Wildman–Crippen MR) is 137 cm³/mol. The van der Waals surface area contributed by atoms with Crippen molar-refractivity contribution in [2.75, 3.05) is 0 Å². The largest absolute Gasteiger partial charge is 0.487 e. The van der Waals surface area contributed by atoms with Crippen molar-refractivity contribution in [1.82, 2.24) is 4.90 Å². The van der Waals surface area contributed by atoms with Gasteiger partial charge in [-0.15, -0.1) is 0 Å². The summed E-state index contributed by atoms with van der Waals surface area (Å²) in [6.07, 6.45) is 0.482. The molecule has 0 aliphatic carbocycles. The molecule has 0 radical (unpaired) electrons. The van der Waals surface area contributed by atoms with Crippen LogP contribution in [0.3, 0.4) is 0 Å². The van der Waals surface area contributed by atoms with E-state index in [4.69, 9.17) is 51.8 Å². The highest BCUT2D eigenvalue weighted by Crippen LogP contribution is 2.33. The number of ether oxygens (including phenoxy) is 1. The van der Waals surface area contributed by atoms with Gasteiger partial charge < -0.3 is 4.74 Å². The summed E-state index contributed by atoms with van der Waals surface area (Å²) in [5.41, 5.74) is 2.59. The fourth-order valence-electron chi connectivity index (χ4n) is 3.34. The number of halogens is 4. The lowest BCUT2D eigenvalue weighted by Crippen LogP contribution is -2.31. The van der Waals surface area contributed by atoms with Crippen molar-refractivity contribution >= 4 is 69.0 Å². The standard InChI is InChI=1S/C24H17Cl3FNO2S2/c25-18-7-3-16(10-19(18)26)13-31-21-8-4-15(9-20(21)27)11-22-23(30)29(24(32)33-22)12-14-1-5-17(28)6-2-14/h1-10,22H,11-13H2/t22-/m0/s1. The Kier molecular flexibility index (Phi) is 7.82. The summed E-state index contributed by atoms with van der Waals surface area (Å²) in [4.78, 5) is 14.5. The van der Waals surface area contributed by atoms with E-state index in [-0.39, 0.29) is 17.0 Å². The molecule has 3 nitrogen and oxygen atoms in total. The first-order valence-corrected chi connectivity index (χ1v) is 12.3. The summed E-state index contributed by atoms with van der Waals surface area (Å²) in [5, 5.41) is 1.06. The number of thiocarbonyl (C=S) groups is 1. The van der Waals surface area contributed by atoms with Crippen LogP contribution in [0, 0.1) is 5.82 Å². The Morgan fingerprint density at radius 1 is 0.909 bits per heavy atom. The lowest BCUT2D eigenvalue weighted by atomic mass is 10.1. The minimum Gasteiger partial charge on any atom is -0.487 e. The number of benzene rings is 3. The molecular weight excluding hydrogens is 524 g/mol. The minimum absolute atomic E-state index is 0.0645. The zero-order chi connectivity index (χ0) is 23.5. The highest BCUT2D eigenvalue weighted by atomic mass is 35.5. The van der Waals surface area contributed by atoms with Crippen LogP contribution in [0.2, 0.25) is 15.1 Å². The predicted octanol–water partition coefficient (Wildman–Crippen LogP) is 7.34. The molecule has 1 fully saturated rings. The Hall–Kier alpha value is -1.83. The van der Waals surface area contributed by atoms with Crippen LogP contribution in [0.5, 0.6) is 5.75 Å². The molecule has 1 saturated heterocycles. The monoisotopic (exact) mass is 539 g/mol. The van der Waals surface area contributed by atoms with Crippen LogP contribution >= 0.6 is 58.8 Å². The van der Waals surface area contributed by atoms with Gasteiger partial charge in [0.2, 0.25) is 5.91 Å². The summed E-state index contributed by atoms with van der Waals surface area (Å²) >= 11 is 25.2. The Balaban J connectivity index is 1.38. The number of rotatable bonds is 7. The fourth-order valence-corrected chi connectivity index (χ4v) is 5.45. The Morgan fingerprint density at radius 3 is 2.27 bits per heavy atom. The Labute approximate surface area is 215 Å². The average Bonchev–Trinajstić information content (AvgIpc) is 3.04. The van der Waals surface area contributed by atoms with Gasteiger partial charge in [-0.1, -0.05) is 83.0 Å². The molecule has 3 aromatic rings. The van der Waals surface area contributed by atoms with Crippen molar-refractivity contribution in [3.05, 3.63) is 98.2 Å². The van der Waals surface area contributed by atoms with E-state index in [2.05, 4.69) is 0 Å².